The molecule has 0 aliphatic rings. The molecule has 0 saturated heterocycles. The topological polar surface area (TPSA) is 29.3 Å². The molecule has 2 rings (SSSR count). The van der Waals surface area contributed by atoms with E-state index in [9.17, 15) is 4.39 Å². The summed E-state index contributed by atoms with van der Waals surface area (Å²) in [6.07, 6.45) is 0.869. The predicted molar refractivity (Wildman–Crippen MR) is 78.1 cm³/mol. The molecule has 0 heterocycles. The molecule has 100 valence electrons. The van der Waals surface area contributed by atoms with Gasteiger partial charge in [0.25, 0.3) is 0 Å². The first-order chi connectivity index (χ1) is 9.13. The second-order valence-corrected chi connectivity index (χ2v) is 4.61. The Morgan fingerprint density at radius 3 is 2.58 bits per heavy atom. The molecule has 0 aliphatic heterocycles. The first kappa shape index (κ1) is 13.6. The van der Waals surface area contributed by atoms with E-state index < -0.39 is 0 Å². The van der Waals surface area contributed by atoms with Gasteiger partial charge in [0.1, 0.15) is 5.82 Å². The van der Waals surface area contributed by atoms with E-state index in [0.29, 0.717) is 0 Å². The molecule has 2 aromatic carbocycles. The standard InChI is InChI=1S/C16H19FN2/c1-3-15(18)14-9-4-5-10-16(14)19(2)13-8-6-7-12(17)11-13/h4-11,15H,3,18H2,1-2H3. The van der Waals surface area contributed by atoms with Crippen LogP contribution in [0.3, 0.4) is 0 Å². The third kappa shape index (κ3) is 2.93. The van der Waals surface area contributed by atoms with Crippen LogP contribution in [0.4, 0.5) is 15.8 Å². The van der Waals surface area contributed by atoms with E-state index >= 15 is 0 Å². The minimum absolute atomic E-state index is 0.00721. The molecule has 2 nitrogen and oxygen atoms in total. The number of anilines is 2. The fourth-order valence-electron chi connectivity index (χ4n) is 2.15. The fraction of sp³-hybridized carbons (Fsp3) is 0.250. The molecule has 3 heteroatoms. The largest absolute Gasteiger partial charge is 0.344 e. The summed E-state index contributed by atoms with van der Waals surface area (Å²) >= 11 is 0. The normalized spacial score (nSPS) is 12.2. The van der Waals surface area contributed by atoms with Crippen LogP contribution in [0.15, 0.2) is 48.5 Å². The molecule has 0 bridgehead atoms. The molecule has 0 fully saturated rings. The first-order valence-electron chi connectivity index (χ1n) is 6.47. The summed E-state index contributed by atoms with van der Waals surface area (Å²) in [5.41, 5.74) is 9.05. The van der Waals surface area contributed by atoms with Crippen LogP contribution in [-0.2, 0) is 0 Å². The minimum Gasteiger partial charge on any atom is -0.344 e. The quantitative estimate of drug-likeness (QED) is 0.898. The van der Waals surface area contributed by atoms with Gasteiger partial charge in [0.05, 0.1) is 0 Å². The number of hydrogen-bond acceptors (Lipinski definition) is 2. The van der Waals surface area contributed by atoms with Crippen LogP contribution in [0.2, 0.25) is 0 Å². The number of hydrogen-bond donors (Lipinski definition) is 1. The van der Waals surface area contributed by atoms with E-state index in [4.69, 9.17) is 5.73 Å². The van der Waals surface area contributed by atoms with Crippen LogP contribution in [0.5, 0.6) is 0 Å². The van der Waals surface area contributed by atoms with Crippen molar-refractivity contribution < 1.29 is 4.39 Å². The molecule has 2 N–H and O–H groups in total. The van der Waals surface area contributed by atoms with E-state index in [1.165, 1.54) is 12.1 Å². The molecule has 2 aromatic rings. The van der Waals surface area contributed by atoms with E-state index in [-0.39, 0.29) is 11.9 Å². The minimum atomic E-state index is -0.235. The lowest BCUT2D eigenvalue weighted by molar-refractivity contribution is 0.628. The summed E-state index contributed by atoms with van der Waals surface area (Å²) < 4.78 is 13.3. The van der Waals surface area contributed by atoms with Gasteiger partial charge in [0.15, 0.2) is 0 Å². The van der Waals surface area contributed by atoms with E-state index in [0.717, 1.165) is 23.4 Å². The lowest BCUT2D eigenvalue weighted by atomic mass is 10.0. The molecule has 1 unspecified atom stereocenters. The smallest absolute Gasteiger partial charge is 0.125 e. The highest BCUT2D eigenvalue weighted by atomic mass is 19.1. The Kier molecular flexibility index (Phi) is 4.17. The van der Waals surface area contributed by atoms with Crippen LogP contribution in [0, 0.1) is 5.82 Å². The molecule has 0 radical (unpaired) electrons. The van der Waals surface area contributed by atoms with Gasteiger partial charge in [-0.1, -0.05) is 31.2 Å². The lowest BCUT2D eigenvalue weighted by Crippen LogP contribution is -2.16. The molecule has 0 aromatic heterocycles. The average molecular weight is 258 g/mol. The van der Waals surface area contributed by atoms with Crippen LogP contribution in [-0.4, -0.2) is 7.05 Å². The highest BCUT2D eigenvalue weighted by Crippen LogP contribution is 2.31. The van der Waals surface area contributed by atoms with Gasteiger partial charge in [-0.15, -0.1) is 0 Å². The van der Waals surface area contributed by atoms with Crippen molar-refractivity contribution in [3.8, 4) is 0 Å². The Bertz CT molecular complexity index is 554. The Hall–Kier alpha value is -1.87. The molecular weight excluding hydrogens is 239 g/mol. The number of nitrogens with zero attached hydrogens (tertiary/aromatic N) is 1. The van der Waals surface area contributed by atoms with Gasteiger partial charge in [-0.2, -0.15) is 0 Å². The van der Waals surface area contributed by atoms with Gasteiger partial charge in [-0.3, -0.25) is 0 Å². The highest BCUT2D eigenvalue weighted by molar-refractivity contribution is 5.66. The predicted octanol–water partition coefficient (Wildman–Crippen LogP) is 4.00. The molecular formula is C16H19FN2. The van der Waals surface area contributed by atoms with Crippen molar-refractivity contribution >= 4 is 11.4 Å². The zero-order valence-electron chi connectivity index (χ0n) is 11.3. The van der Waals surface area contributed by atoms with Gasteiger partial charge >= 0.3 is 0 Å². The molecule has 19 heavy (non-hydrogen) atoms. The van der Waals surface area contributed by atoms with Gasteiger partial charge in [-0.05, 0) is 36.2 Å². The fourth-order valence-corrected chi connectivity index (χ4v) is 2.15. The van der Waals surface area contributed by atoms with Crippen molar-refractivity contribution in [2.24, 2.45) is 5.73 Å². The Morgan fingerprint density at radius 1 is 1.16 bits per heavy atom. The third-order valence-electron chi connectivity index (χ3n) is 3.33. The first-order valence-corrected chi connectivity index (χ1v) is 6.47. The maximum absolute atomic E-state index is 13.3. The van der Waals surface area contributed by atoms with Gasteiger partial charge in [0, 0.05) is 24.5 Å². The monoisotopic (exact) mass is 258 g/mol. The summed E-state index contributed by atoms with van der Waals surface area (Å²) in [6, 6.07) is 14.5. The summed E-state index contributed by atoms with van der Waals surface area (Å²) in [5.74, 6) is -0.235. The van der Waals surface area contributed by atoms with Crippen molar-refractivity contribution in [3.05, 3.63) is 59.9 Å². The van der Waals surface area contributed by atoms with E-state index in [1.54, 1.807) is 6.07 Å². The number of rotatable bonds is 4. The second kappa shape index (κ2) is 5.85. The molecule has 0 aliphatic carbocycles. The molecule has 0 amide bonds. The lowest BCUT2D eigenvalue weighted by Gasteiger charge is -2.24. The van der Waals surface area contributed by atoms with Crippen LogP contribution >= 0.6 is 0 Å². The maximum Gasteiger partial charge on any atom is 0.125 e. The maximum atomic E-state index is 13.3. The highest BCUT2D eigenvalue weighted by Gasteiger charge is 2.13. The summed E-state index contributed by atoms with van der Waals surface area (Å²) in [4.78, 5) is 1.97. The Morgan fingerprint density at radius 2 is 1.89 bits per heavy atom. The second-order valence-electron chi connectivity index (χ2n) is 4.61. The SMILES string of the molecule is CCC(N)c1ccccc1N(C)c1cccc(F)c1. The van der Waals surface area contributed by atoms with Crippen molar-refractivity contribution in [2.75, 3.05) is 11.9 Å². The van der Waals surface area contributed by atoms with E-state index in [1.807, 2.05) is 42.3 Å². The van der Waals surface area contributed by atoms with Crippen LogP contribution in [0.1, 0.15) is 24.9 Å². The van der Waals surface area contributed by atoms with E-state index in [2.05, 4.69) is 6.92 Å². The summed E-state index contributed by atoms with van der Waals surface area (Å²) in [5, 5.41) is 0. The number of para-hydroxylation sites is 1. The van der Waals surface area contributed by atoms with Crippen molar-refractivity contribution in [2.45, 2.75) is 19.4 Å². The summed E-state index contributed by atoms with van der Waals surface area (Å²) in [7, 11) is 1.93. The average Bonchev–Trinajstić information content (AvgIpc) is 2.45. The van der Waals surface area contributed by atoms with Crippen LogP contribution in [0.25, 0.3) is 0 Å². The molecule has 0 saturated carbocycles. The van der Waals surface area contributed by atoms with Crippen molar-refractivity contribution in [1.29, 1.82) is 0 Å². The number of benzene rings is 2. The Balaban J connectivity index is 2.41. The summed E-state index contributed by atoms with van der Waals surface area (Å²) in [6.45, 7) is 2.06. The van der Waals surface area contributed by atoms with Gasteiger partial charge < -0.3 is 10.6 Å². The Labute approximate surface area is 113 Å². The zero-order valence-corrected chi connectivity index (χ0v) is 11.3. The van der Waals surface area contributed by atoms with Crippen LogP contribution < -0.4 is 10.6 Å². The number of nitrogens with two attached hydrogens (primary N) is 1. The van der Waals surface area contributed by atoms with Gasteiger partial charge in [0.2, 0.25) is 0 Å². The van der Waals surface area contributed by atoms with Gasteiger partial charge in [-0.25, -0.2) is 4.39 Å². The molecule has 1 atom stereocenters. The zero-order chi connectivity index (χ0) is 13.8. The van der Waals surface area contributed by atoms with Crippen molar-refractivity contribution in [1.82, 2.24) is 0 Å². The third-order valence-corrected chi connectivity index (χ3v) is 3.33. The number of halogens is 1. The van der Waals surface area contributed by atoms with Crippen molar-refractivity contribution in [3.63, 3.8) is 0 Å². The molecule has 0 spiro atoms.